The van der Waals surface area contributed by atoms with Gasteiger partial charge < -0.3 is 16.4 Å². The van der Waals surface area contributed by atoms with E-state index < -0.39 is 0 Å². The monoisotopic (exact) mass is 267 g/mol. The van der Waals surface area contributed by atoms with E-state index in [9.17, 15) is 9.18 Å². The standard InChI is InChI=1S/C14H22FN3O/c1-9(2)17-12-6-5-11(15)8-13(12)18-14(19)7-4-10(3)16/h5-6,8-10,17H,4,7,16H2,1-3H3,(H,18,19). The van der Waals surface area contributed by atoms with Crippen molar-refractivity contribution in [2.24, 2.45) is 5.73 Å². The van der Waals surface area contributed by atoms with Crippen molar-refractivity contribution in [2.45, 2.75) is 45.7 Å². The third-order valence-corrected chi connectivity index (χ3v) is 2.53. The minimum atomic E-state index is -0.378. The molecular weight excluding hydrogens is 245 g/mol. The van der Waals surface area contributed by atoms with Gasteiger partial charge in [-0.1, -0.05) is 0 Å². The molecule has 0 aliphatic heterocycles. The fourth-order valence-electron chi connectivity index (χ4n) is 1.63. The second-order valence-electron chi connectivity index (χ2n) is 5.05. The van der Waals surface area contributed by atoms with Crippen LogP contribution in [-0.2, 0) is 4.79 Å². The minimum absolute atomic E-state index is 0.0217. The van der Waals surface area contributed by atoms with Gasteiger partial charge in [-0.15, -0.1) is 0 Å². The molecule has 0 aliphatic carbocycles. The molecule has 0 heterocycles. The summed E-state index contributed by atoms with van der Waals surface area (Å²) in [4.78, 5) is 11.7. The van der Waals surface area contributed by atoms with E-state index in [-0.39, 0.29) is 23.8 Å². The first-order valence-electron chi connectivity index (χ1n) is 6.50. The Balaban J connectivity index is 2.74. The molecule has 4 N–H and O–H groups in total. The van der Waals surface area contributed by atoms with E-state index in [0.717, 1.165) is 0 Å². The molecule has 1 rings (SSSR count). The SMILES string of the molecule is CC(N)CCC(=O)Nc1cc(F)ccc1NC(C)C. The molecule has 0 saturated heterocycles. The molecule has 0 spiro atoms. The summed E-state index contributed by atoms with van der Waals surface area (Å²) in [6.45, 7) is 5.80. The molecule has 1 amide bonds. The quantitative estimate of drug-likeness (QED) is 0.742. The summed E-state index contributed by atoms with van der Waals surface area (Å²) in [6.07, 6.45) is 0.934. The smallest absolute Gasteiger partial charge is 0.224 e. The number of nitrogens with two attached hydrogens (primary N) is 1. The van der Waals surface area contributed by atoms with Gasteiger partial charge in [-0.2, -0.15) is 0 Å². The van der Waals surface area contributed by atoms with Crippen LogP contribution < -0.4 is 16.4 Å². The van der Waals surface area contributed by atoms with Crippen molar-refractivity contribution in [2.75, 3.05) is 10.6 Å². The number of anilines is 2. The maximum atomic E-state index is 13.3. The zero-order valence-electron chi connectivity index (χ0n) is 11.7. The van der Waals surface area contributed by atoms with E-state index in [4.69, 9.17) is 5.73 Å². The summed E-state index contributed by atoms with van der Waals surface area (Å²) in [6, 6.07) is 4.48. The second-order valence-corrected chi connectivity index (χ2v) is 5.05. The first-order valence-corrected chi connectivity index (χ1v) is 6.50. The number of rotatable bonds is 6. The van der Waals surface area contributed by atoms with Crippen LogP contribution in [0.15, 0.2) is 18.2 Å². The second kappa shape index (κ2) is 7.09. The van der Waals surface area contributed by atoms with Crippen molar-refractivity contribution in [1.29, 1.82) is 0 Å². The predicted molar refractivity (Wildman–Crippen MR) is 76.7 cm³/mol. The lowest BCUT2D eigenvalue weighted by Crippen LogP contribution is -2.20. The molecule has 0 bridgehead atoms. The summed E-state index contributed by atoms with van der Waals surface area (Å²) in [5.41, 5.74) is 6.78. The highest BCUT2D eigenvalue weighted by Gasteiger charge is 2.09. The van der Waals surface area contributed by atoms with E-state index in [1.54, 1.807) is 6.07 Å². The first-order chi connectivity index (χ1) is 8.88. The Hall–Kier alpha value is -1.62. The summed E-state index contributed by atoms with van der Waals surface area (Å²) in [5, 5.41) is 5.88. The molecule has 0 saturated carbocycles. The van der Waals surface area contributed by atoms with Crippen molar-refractivity contribution >= 4 is 17.3 Å². The Morgan fingerprint density at radius 3 is 2.58 bits per heavy atom. The lowest BCUT2D eigenvalue weighted by molar-refractivity contribution is -0.116. The highest BCUT2D eigenvalue weighted by atomic mass is 19.1. The predicted octanol–water partition coefficient (Wildman–Crippen LogP) is 2.71. The van der Waals surface area contributed by atoms with Crippen LogP contribution in [0.1, 0.15) is 33.6 Å². The van der Waals surface area contributed by atoms with E-state index in [1.807, 2.05) is 20.8 Å². The topological polar surface area (TPSA) is 67.2 Å². The van der Waals surface area contributed by atoms with Crippen LogP contribution in [0, 0.1) is 5.82 Å². The van der Waals surface area contributed by atoms with Crippen LogP contribution in [0.25, 0.3) is 0 Å². The van der Waals surface area contributed by atoms with Crippen LogP contribution in [0.3, 0.4) is 0 Å². The molecule has 1 atom stereocenters. The molecule has 4 nitrogen and oxygen atoms in total. The van der Waals surface area contributed by atoms with Gasteiger partial charge in [0, 0.05) is 18.5 Å². The summed E-state index contributed by atoms with van der Waals surface area (Å²) < 4.78 is 13.3. The zero-order chi connectivity index (χ0) is 14.4. The van der Waals surface area contributed by atoms with E-state index in [2.05, 4.69) is 10.6 Å². The van der Waals surface area contributed by atoms with E-state index in [0.29, 0.717) is 24.2 Å². The number of carbonyl (C=O) groups is 1. The van der Waals surface area contributed by atoms with E-state index in [1.165, 1.54) is 12.1 Å². The number of hydrogen-bond acceptors (Lipinski definition) is 3. The first kappa shape index (κ1) is 15.4. The molecule has 19 heavy (non-hydrogen) atoms. The van der Waals surface area contributed by atoms with Gasteiger partial charge in [0.1, 0.15) is 5.82 Å². The largest absolute Gasteiger partial charge is 0.381 e. The maximum Gasteiger partial charge on any atom is 0.224 e. The number of carbonyl (C=O) groups excluding carboxylic acids is 1. The van der Waals surface area contributed by atoms with Crippen LogP contribution in [0.5, 0.6) is 0 Å². The Kier molecular flexibility index (Phi) is 5.76. The Labute approximate surface area is 113 Å². The highest BCUT2D eigenvalue weighted by molar-refractivity contribution is 5.94. The molecule has 0 aliphatic rings. The fourth-order valence-corrected chi connectivity index (χ4v) is 1.63. The van der Waals surface area contributed by atoms with Gasteiger partial charge in [-0.25, -0.2) is 4.39 Å². The van der Waals surface area contributed by atoms with Crippen molar-refractivity contribution in [3.8, 4) is 0 Å². The van der Waals surface area contributed by atoms with Gasteiger partial charge in [-0.05, 0) is 45.4 Å². The van der Waals surface area contributed by atoms with Crippen LogP contribution >= 0.6 is 0 Å². The third-order valence-electron chi connectivity index (χ3n) is 2.53. The summed E-state index contributed by atoms with van der Waals surface area (Å²) >= 11 is 0. The van der Waals surface area contributed by atoms with Gasteiger partial charge in [0.15, 0.2) is 0 Å². The van der Waals surface area contributed by atoms with Crippen molar-refractivity contribution < 1.29 is 9.18 Å². The lowest BCUT2D eigenvalue weighted by Gasteiger charge is -2.16. The number of benzene rings is 1. The van der Waals surface area contributed by atoms with Crippen LogP contribution in [-0.4, -0.2) is 18.0 Å². The Bertz CT molecular complexity index is 433. The minimum Gasteiger partial charge on any atom is -0.381 e. The molecule has 1 unspecified atom stereocenters. The average molecular weight is 267 g/mol. The highest BCUT2D eigenvalue weighted by Crippen LogP contribution is 2.23. The number of hydrogen-bond donors (Lipinski definition) is 3. The van der Waals surface area contributed by atoms with Crippen LogP contribution in [0.4, 0.5) is 15.8 Å². The average Bonchev–Trinajstić information content (AvgIpc) is 2.29. The molecule has 0 aromatic heterocycles. The number of halogens is 1. The van der Waals surface area contributed by atoms with Gasteiger partial charge in [0.05, 0.1) is 11.4 Å². The molecule has 106 valence electrons. The summed E-state index contributed by atoms with van der Waals surface area (Å²) in [7, 11) is 0. The van der Waals surface area contributed by atoms with Crippen molar-refractivity contribution in [1.82, 2.24) is 0 Å². The Morgan fingerprint density at radius 2 is 2.00 bits per heavy atom. The summed E-state index contributed by atoms with van der Waals surface area (Å²) in [5.74, 6) is -0.536. The van der Waals surface area contributed by atoms with Crippen LogP contribution in [0.2, 0.25) is 0 Å². The number of amides is 1. The normalized spacial score (nSPS) is 12.3. The van der Waals surface area contributed by atoms with Crippen molar-refractivity contribution in [3.63, 3.8) is 0 Å². The molecule has 5 heteroatoms. The van der Waals surface area contributed by atoms with Crippen molar-refractivity contribution in [3.05, 3.63) is 24.0 Å². The molecule has 0 radical (unpaired) electrons. The third kappa shape index (κ3) is 5.70. The molecule has 1 aromatic rings. The maximum absolute atomic E-state index is 13.3. The fraction of sp³-hybridized carbons (Fsp3) is 0.500. The molecule has 0 fully saturated rings. The van der Waals surface area contributed by atoms with Gasteiger partial charge in [0.25, 0.3) is 0 Å². The lowest BCUT2D eigenvalue weighted by atomic mass is 10.2. The van der Waals surface area contributed by atoms with Gasteiger partial charge >= 0.3 is 0 Å². The van der Waals surface area contributed by atoms with Gasteiger partial charge in [0.2, 0.25) is 5.91 Å². The van der Waals surface area contributed by atoms with E-state index >= 15 is 0 Å². The van der Waals surface area contributed by atoms with Gasteiger partial charge in [-0.3, -0.25) is 4.79 Å². The molecular formula is C14H22FN3O. The Morgan fingerprint density at radius 1 is 1.32 bits per heavy atom. The molecule has 1 aromatic carbocycles. The zero-order valence-corrected chi connectivity index (χ0v) is 11.7. The number of nitrogens with one attached hydrogen (secondary N) is 2.